The number of likely N-dealkylation sites (N-methyl/N-ethyl adjacent to an activating group) is 1. The van der Waals surface area contributed by atoms with E-state index < -0.39 is 0 Å². The summed E-state index contributed by atoms with van der Waals surface area (Å²) < 4.78 is 0. The second kappa shape index (κ2) is 7.29. The van der Waals surface area contributed by atoms with Crippen LogP contribution in [0.15, 0.2) is 11.4 Å². The molecular formula is C14H21N3O2S2. The predicted molar refractivity (Wildman–Crippen MR) is 87.5 cm³/mol. The Bertz CT molecular complexity index is 516. The molecule has 1 aromatic rings. The monoisotopic (exact) mass is 327 g/mol. The smallest absolute Gasteiger partial charge is 0.239 e. The van der Waals surface area contributed by atoms with Crippen molar-refractivity contribution in [2.24, 2.45) is 0 Å². The third kappa shape index (κ3) is 4.21. The van der Waals surface area contributed by atoms with Gasteiger partial charge in [-0.25, -0.2) is 0 Å². The number of carbonyl (C=O) groups is 2. The number of hydrogen-bond donors (Lipinski definition) is 1. The van der Waals surface area contributed by atoms with Gasteiger partial charge >= 0.3 is 0 Å². The Morgan fingerprint density at radius 1 is 1.52 bits per heavy atom. The molecular weight excluding hydrogens is 306 g/mol. The minimum Gasteiger partial charge on any atom is -0.353 e. The van der Waals surface area contributed by atoms with Gasteiger partial charge in [0.15, 0.2) is 0 Å². The zero-order valence-corrected chi connectivity index (χ0v) is 14.2. The molecule has 1 saturated heterocycles. The molecule has 0 unspecified atom stereocenters. The molecule has 1 fully saturated rings. The van der Waals surface area contributed by atoms with Crippen molar-refractivity contribution in [3.8, 4) is 0 Å². The van der Waals surface area contributed by atoms with Gasteiger partial charge in [0.05, 0.1) is 5.75 Å². The number of nitrogens with one attached hydrogen (secondary N) is 1. The topological polar surface area (TPSA) is 52.7 Å². The van der Waals surface area contributed by atoms with Crippen molar-refractivity contribution in [1.29, 1.82) is 0 Å². The number of amides is 2. The first-order chi connectivity index (χ1) is 9.99. The molecule has 0 aliphatic carbocycles. The van der Waals surface area contributed by atoms with Crippen molar-refractivity contribution in [3.05, 3.63) is 21.9 Å². The summed E-state index contributed by atoms with van der Waals surface area (Å²) in [5.74, 6) is 0.403. The van der Waals surface area contributed by atoms with Gasteiger partial charge in [0.25, 0.3) is 0 Å². The number of thioether (sulfide) groups is 1. The van der Waals surface area contributed by atoms with Crippen LogP contribution < -0.4 is 5.32 Å². The van der Waals surface area contributed by atoms with Gasteiger partial charge in [0, 0.05) is 18.0 Å². The van der Waals surface area contributed by atoms with Gasteiger partial charge in [-0.2, -0.15) is 0 Å². The predicted octanol–water partition coefficient (Wildman–Crippen LogP) is 1.31. The summed E-state index contributed by atoms with van der Waals surface area (Å²) in [6.45, 7) is 3.58. The van der Waals surface area contributed by atoms with Gasteiger partial charge in [-0.3, -0.25) is 9.59 Å². The minimum atomic E-state index is -0.0908. The molecule has 1 atom stereocenters. The number of hydrogen-bond acceptors (Lipinski definition) is 5. The molecule has 2 amide bonds. The van der Waals surface area contributed by atoms with E-state index in [0.717, 1.165) is 6.54 Å². The molecule has 21 heavy (non-hydrogen) atoms. The van der Waals surface area contributed by atoms with Crippen LogP contribution in [0.2, 0.25) is 0 Å². The average Bonchev–Trinajstić information content (AvgIpc) is 2.97. The van der Waals surface area contributed by atoms with Crippen molar-refractivity contribution >= 4 is 34.9 Å². The number of thiophene rings is 1. The Balaban J connectivity index is 1.95. The number of rotatable bonds is 6. The average molecular weight is 327 g/mol. The zero-order chi connectivity index (χ0) is 15.4. The van der Waals surface area contributed by atoms with E-state index in [2.05, 4.69) is 11.4 Å². The maximum Gasteiger partial charge on any atom is 0.239 e. The summed E-state index contributed by atoms with van der Waals surface area (Å²) in [6, 6.07) is 2.05. The fourth-order valence-electron chi connectivity index (χ4n) is 2.11. The van der Waals surface area contributed by atoms with Crippen LogP contribution >= 0.6 is 23.1 Å². The Morgan fingerprint density at radius 2 is 2.29 bits per heavy atom. The highest BCUT2D eigenvalue weighted by atomic mass is 32.2. The van der Waals surface area contributed by atoms with Gasteiger partial charge in [-0.05, 0) is 38.0 Å². The minimum absolute atomic E-state index is 0.0166. The molecule has 0 radical (unpaired) electrons. The highest BCUT2D eigenvalue weighted by Crippen LogP contribution is 2.41. The van der Waals surface area contributed by atoms with Gasteiger partial charge < -0.3 is 15.1 Å². The molecule has 2 rings (SSSR count). The van der Waals surface area contributed by atoms with E-state index >= 15 is 0 Å². The van der Waals surface area contributed by atoms with Gasteiger partial charge in [-0.15, -0.1) is 23.1 Å². The second-order valence-corrected chi connectivity index (χ2v) is 7.32. The molecule has 0 aromatic carbocycles. The Kier molecular flexibility index (Phi) is 5.66. The lowest BCUT2D eigenvalue weighted by Gasteiger charge is -2.23. The lowest BCUT2D eigenvalue weighted by molar-refractivity contribution is -0.133. The van der Waals surface area contributed by atoms with Crippen LogP contribution in [0.5, 0.6) is 0 Å². The van der Waals surface area contributed by atoms with Crippen LogP contribution in [0.4, 0.5) is 0 Å². The summed E-state index contributed by atoms with van der Waals surface area (Å²) in [4.78, 5) is 28.9. The fraction of sp³-hybridized carbons (Fsp3) is 0.571. The molecule has 1 aromatic heterocycles. The summed E-state index contributed by atoms with van der Waals surface area (Å²) in [7, 11) is 3.92. The zero-order valence-electron chi connectivity index (χ0n) is 12.6. The molecule has 2 heterocycles. The van der Waals surface area contributed by atoms with Crippen LogP contribution in [-0.4, -0.2) is 61.1 Å². The van der Waals surface area contributed by atoms with Crippen molar-refractivity contribution in [3.63, 3.8) is 0 Å². The van der Waals surface area contributed by atoms with E-state index in [1.807, 2.05) is 31.3 Å². The first-order valence-corrected chi connectivity index (χ1v) is 8.78. The highest BCUT2D eigenvalue weighted by molar-refractivity contribution is 8.00. The van der Waals surface area contributed by atoms with Gasteiger partial charge in [0.2, 0.25) is 11.8 Å². The molecule has 0 saturated carbocycles. The van der Waals surface area contributed by atoms with E-state index in [4.69, 9.17) is 0 Å². The maximum absolute atomic E-state index is 12.0. The second-order valence-electron chi connectivity index (χ2n) is 5.31. The van der Waals surface area contributed by atoms with Crippen LogP contribution in [0, 0.1) is 6.92 Å². The van der Waals surface area contributed by atoms with Gasteiger partial charge in [-0.1, -0.05) is 0 Å². The Hall–Kier alpha value is -1.05. The fourth-order valence-corrected chi connectivity index (χ4v) is 4.57. The van der Waals surface area contributed by atoms with Gasteiger partial charge in [0.1, 0.15) is 11.9 Å². The van der Waals surface area contributed by atoms with Crippen LogP contribution in [0.25, 0.3) is 0 Å². The highest BCUT2D eigenvalue weighted by Gasteiger charge is 2.35. The van der Waals surface area contributed by atoms with Crippen molar-refractivity contribution in [2.75, 3.05) is 39.5 Å². The summed E-state index contributed by atoms with van der Waals surface area (Å²) in [5, 5.41) is 4.88. The normalized spacial score (nSPS) is 18.6. The molecule has 116 valence electrons. The number of aryl methyl sites for hydroxylation is 1. The number of carbonyl (C=O) groups excluding carboxylic acids is 2. The Morgan fingerprint density at radius 3 is 2.90 bits per heavy atom. The van der Waals surface area contributed by atoms with Crippen LogP contribution in [0.1, 0.15) is 15.8 Å². The standard InChI is InChI=1S/C14H21N3O2S2/c1-10-4-7-20-13(10)14-17(12(19)9-21-14)8-11(18)15-5-6-16(2)3/h4,7,14H,5-6,8-9H2,1-3H3,(H,15,18)/t14-/m1/s1. The Labute approximate surface area is 133 Å². The summed E-state index contributed by atoms with van der Waals surface area (Å²) in [6.07, 6.45) is 0. The third-order valence-electron chi connectivity index (χ3n) is 3.29. The lowest BCUT2D eigenvalue weighted by atomic mass is 10.2. The summed E-state index contributed by atoms with van der Waals surface area (Å²) in [5.41, 5.74) is 1.19. The molecule has 1 aliphatic heterocycles. The van der Waals surface area contributed by atoms with E-state index in [0.29, 0.717) is 12.3 Å². The molecule has 1 N–H and O–H groups in total. The largest absolute Gasteiger partial charge is 0.353 e. The van der Waals surface area contributed by atoms with Crippen molar-refractivity contribution in [2.45, 2.75) is 12.3 Å². The maximum atomic E-state index is 12.0. The van der Waals surface area contributed by atoms with Crippen molar-refractivity contribution < 1.29 is 9.59 Å². The van der Waals surface area contributed by atoms with E-state index in [1.54, 1.807) is 28.0 Å². The molecule has 7 heteroatoms. The molecule has 5 nitrogen and oxygen atoms in total. The first-order valence-electron chi connectivity index (χ1n) is 6.85. The van der Waals surface area contributed by atoms with E-state index in [9.17, 15) is 9.59 Å². The molecule has 0 bridgehead atoms. The summed E-state index contributed by atoms with van der Waals surface area (Å²) >= 11 is 3.25. The van der Waals surface area contributed by atoms with Crippen molar-refractivity contribution in [1.82, 2.24) is 15.1 Å². The van der Waals surface area contributed by atoms with E-state index in [-0.39, 0.29) is 23.7 Å². The quantitative estimate of drug-likeness (QED) is 0.856. The van der Waals surface area contributed by atoms with Crippen LogP contribution in [0.3, 0.4) is 0 Å². The molecule has 0 spiro atoms. The SMILES string of the molecule is Cc1ccsc1[C@H]1SCC(=O)N1CC(=O)NCCN(C)C. The van der Waals surface area contributed by atoms with Crippen LogP contribution in [-0.2, 0) is 9.59 Å². The lowest BCUT2D eigenvalue weighted by Crippen LogP contribution is -2.41. The van der Waals surface area contributed by atoms with E-state index in [1.165, 1.54) is 10.4 Å². The number of nitrogens with zero attached hydrogens (tertiary/aromatic N) is 2. The first kappa shape index (κ1) is 16.3. The third-order valence-corrected chi connectivity index (χ3v) is 5.73. The molecule has 1 aliphatic rings.